The topological polar surface area (TPSA) is 47.3 Å². The van der Waals surface area contributed by atoms with Gasteiger partial charge in [0.1, 0.15) is 5.54 Å². The molecule has 0 spiro atoms. The summed E-state index contributed by atoms with van der Waals surface area (Å²) >= 11 is 0. The van der Waals surface area contributed by atoms with Crippen LogP contribution in [0, 0.1) is 17.2 Å². The second kappa shape index (κ2) is 4.66. The molecule has 0 unspecified atom stereocenters. The first kappa shape index (κ1) is 12.4. The van der Waals surface area contributed by atoms with Crippen LogP contribution in [0.15, 0.2) is 0 Å². The van der Waals surface area contributed by atoms with Crippen molar-refractivity contribution in [1.29, 1.82) is 5.26 Å². The second-order valence-corrected chi connectivity index (χ2v) is 5.69. The first-order valence-corrected chi connectivity index (χ1v) is 6.47. The summed E-state index contributed by atoms with van der Waals surface area (Å²) in [6.07, 6.45) is 3.20. The number of carbonyl (C=O) groups is 1. The molecule has 1 aliphatic carbocycles. The van der Waals surface area contributed by atoms with Gasteiger partial charge in [-0.1, -0.05) is 0 Å². The van der Waals surface area contributed by atoms with E-state index in [9.17, 15) is 4.79 Å². The molecule has 2 fully saturated rings. The molecule has 2 rings (SSSR count). The number of carbonyl (C=O) groups excluding carboxylic acids is 1. The predicted octanol–water partition coefficient (Wildman–Crippen LogP) is 1.23. The summed E-state index contributed by atoms with van der Waals surface area (Å²) in [5.41, 5.74) is -0.411. The third kappa shape index (κ3) is 2.98. The zero-order valence-electron chi connectivity index (χ0n) is 10.8. The zero-order chi connectivity index (χ0) is 12.5. The Labute approximate surface area is 103 Å². The van der Waals surface area contributed by atoms with E-state index in [1.165, 1.54) is 12.8 Å². The summed E-state index contributed by atoms with van der Waals surface area (Å²) < 4.78 is 0. The van der Waals surface area contributed by atoms with Gasteiger partial charge in [-0.25, -0.2) is 0 Å². The molecule has 1 aliphatic heterocycles. The van der Waals surface area contributed by atoms with Gasteiger partial charge in [0.15, 0.2) is 0 Å². The molecular formula is C13H21N3O. The fourth-order valence-corrected chi connectivity index (χ4v) is 2.28. The first-order valence-electron chi connectivity index (χ1n) is 6.47. The van der Waals surface area contributed by atoms with E-state index >= 15 is 0 Å². The molecule has 1 saturated heterocycles. The number of amides is 1. The Hall–Kier alpha value is -1.08. The molecule has 0 atom stereocenters. The van der Waals surface area contributed by atoms with Crippen molar-refractivity contribution in [3.63, 3.8) is 0 Å². The third-order valence-electron chi connectivity index (χ3n) is 3.86. The summed E-state index contributed by atoms with van der Waals surface area (Å²) in [6, 6.07) is 2.32. The van der Waals surface area contributed by atoms with Crippen LogP contribution in [0.2, 0.25) is 0 Å². The maximum atomic E-state index is 11.9. The van der Waals surface area contributed by atoms with Gasteiger partial charge in [-0.15, -0.1) is 0 Å². The van der Waals surface area contributed by atoms with Crippen molar-refractivity contribution in [2.24, 2.45) is 5.92 Å². The van der Waals surface area contributed by atoms with Gasteiger partial charge in [-0.05, 0) is 32.6 Å². The van der Waals surface area contributed by atoms with E-state index in [2.05, 4.69) is 11.0 Å². The largest absolute Gasteiger partial charge is 0.340 e. The smallest absolute Gasteiger partial charge is 0.222 e. The van der Waals surface area contributed by atoms with Crippen LogP contribution in [0.1, 0.15) is 33.1 Å². The SMILES string of the molecule is CC(C)(C#N)N1CCN(C(=O)CC2CC2)CC1. The third-order valence-corrected chi connectivity index (χ3v) is 3.86. The number of nitriles is 1. The Bertz CT molecular complexity index is 333. The van der Waals surface area contributed by atoms with Crippen molar-refractivity contribution in [3.8, 4) is 6.07 Å². The molecule has 4 nitrogen and oxygen atoms in total. The molecule has 2 aliphatic rings. The molecule has 0 aromatic heterocycles. The van der Waals surface area contributed by atoms with Gasteiger partial charge < -0.3 is 4.90 Å². The Morgan fingerprint density at radius 2 is 1.88 bits per heavy atom. The molecule has 17 heavy (non-hydrogen) atoms. The summed E-state index contributed by atoms with van der Waals surface area (Å²) in [7, 11) is 0. The average Bonchev–Trinajstić information content (AvgIpc) is 3.13. The van der Waals surface area contributed by atoms with Crippen molar-refractivity contribution in [1.82, 2.24) is 9.80 Å². The van der Waals surface area contributed by atoms with E-state index in [1.807, 2.05) is 18.7 Å². The molecule has 1 saturated carbocycles. The normalized spacial score (nSPS) is 22.3. The van der Waals surface area contributed by atoms with E-state index in [4.69, 9.17) is 5.26 Å². The van der Waals surface area contributed by atoms with Gasteiger partial charge in [0, 0.05) is 32.6 Å². The van der Waals surface area contributed by atoms with Crippen molar-refractivity contribution in [2.45, 2.75) is 38.6 Å². The highest BCUT2D eigenvalue weighted by Crippen LogP contribution is 2.33. The standard InChI is InChI=1S/C13H21N3O/c1-13(2,10-14)16-7-5-15(6-8-16)12(17)9-11-3-4-11/h11H,3-9H2,1-2H3. The van der Waals surface area contributed by atoms with Crippen LogP contribution < -0.4 is 0 Å². The van der Waals surface area contributed by atoms with Gasteiger partial charge in [-0.3, -0.25) is 9.69 Å². The fourth-order valence-electron chi connectivity index (χ4n) is 2.28. The Morgan fingerprint density at radius 3 is 2.35 bits per heavy atom. The van der Waals surface area contributed by atoms with Gasteiger partial charge in [0.2, 0.25) is 5.91 Å². The van der Waals surface area contributed by atoms with Crippen LogP contribution in [0.5, 0.6) is 0 Å². The highest BCUT2D eigenvalue weighted by Gasteiger charge is 2.32. The average molecular weight is 235 g/mol. The van der Waals surface area contributed by atoms with Crippen LogP contribution in [0.4, 0.5) is 0 Å². The first-order chi connectivity index (χ1) is 8.03. The Balaban J connectivity index is 1.81. The minimum absolute atomic E-state index is 0.307. The highest BCUT2D eigenvalue weighted by atomic mass is 16.2. The van der Waals surface area contributed by atoms with E-state index in [0.29, 0.717) is 11.8 Å². The lowest BCUT2D eigenvalue weighted by Gasteiger charge is -2.40. The molecule has 4 heteroatoms. The summed E-state index contributed by atoms with van der Waals surface area (Å²) in [5, 5.41) is 9.08. The molecule has 0 N–H and O–H groups in total. The molecular weight excluding hydrogens is 214 g/mol. The maximum absolute atomic E-state index is 11.9. The summed E-state index contributed by atoms with van der Waals surface area (Å²) in [5.74, 6) is 0.970. The maximum Gasteiger partial charge on any atom is 0.222 e. The van der Waals surface area contributed by atoms with Gasteiger partial charge >= 0.3 is 0 Å². The second-order valence-electron chi connectivity index (χ2n) is 5.69. The van der Waals surface area contributed by atoms with Gasteiger partial charge in [0.25, 0.3) is 0 Å². The minimum Gasteiger partial charge on any atom is -0.340 e. The number of nitrogens with zero attached hydrogens (tertiary/aromatic N) is 3. The van der Waals surface area contributed by atoms with E-state index in [-0.39, 0.29) is 0 Å². The summed E-state index contributed by atoms with van der Waals surface area (Å²) in [6.45, 7) is 7.06. The number of hydrogen-bond acceptors (Lipinski definition) is 3. The van der Waals surface area contributed by atoms with Crippen LogP contribution in [0.25, 0.3) is 0 Å². The van der Waals surface area contributed by atoms with E-state index in [0.717, 1.165) is 32.6 Å². The Morgan fingerprint density at radius 1 is 1.29 bits per heavy atom. The lowest BCUT2D eigenvalue weighted by atomic mass is 10.0. The van der Waals surface area contributed by atoms with E-state index in [1.54, 1.807) is 0 Å². The van der Waals surface area contributed by atoms with Gasteiger partial charge in [-0.2, -0.15) is 5.26 Å². The zero-order valence-corrected chi connectivity index (χ0v) is 10.8. The van der Waals surface area contributed by atoms with Crippen LogP contribution >= 0.6 is 0 Å². The van der Waals surface area contributed by atoms with Crippen molar-refractivity contribution >= 4 is 5.91 Å². The molecule has 0 radical (unpaired) electrons. The van der Waals surface area contributed by atoms with Crippen molar-refractivity contribution in [3.05, 3.63) is 0 Å². The quantitative estimate of drug-likeness (QED) is 0.739. The monoisotopic (exact) mass is 235 g/mol. The molecule has 94 valence electrons. The van der Waals surface area contributed by atoms with E-state index < -0.39 is 5.54 Å². The molecule has 0 aromatic rings. The highest BCUT2D eigenvalue weighted by molar-refractivity contribution is 5.76. The van der Waals surface area contributed by atoms with Crippen LogP contribution in [0.3, 0.4) is 0 Å². The van der Waals surface area contributed by atoms with Crippen molar-refractivity contribution in [2.75, 3.05) is 26.2 Å². The number of hydrogen-bond donors (Lipinski definition) is 0. The van der Waals surface area contributed by atoms with Crippen molar-refractivity contribution < 1.29 is 4.79 Å². The number of piperazine rings is 1. The molecule has 0 aromatic carbocycles. The molecule has 1 amide bonds. The minimum atomic E-state index is -0.411. The molecule has 0 bridgehead atoms. The fraction of sp³-hybridized carbons (Fsp3) is 0.846. The lowest BCUT2D eigenvalue weighted by Crippen LogP contribution is -2.55. The Kier molecular flexibility index (Phi) is 3.39. The lowest BCUT2D eigenvalue weighted by molar-refractivity contribution is -0.133. The van der Waals surface area contributed by atoms with Crippen LogP contribution in [-0.2, 0) is 4.79 Å². The predicted molar refractivity (Wildman–Crippen MR) is 65.2 cm³/mol. The summed E-state index contributed by atoms with van der Waals surface area (Å²) in [4.78, 5) is 16.0. The van der Waals surface area contributed by atoms with Crippen LogP contribution in [-0.4, -0.2) is 47.4 Å². The van der Waals surface area contributed by atoms with Gasteiger partial charge in [0.05, 0.1) is 6.07 Å². The molecule has 1 heterocycles. The number of rotatable bonds is 3.